The van der Waals surface area contributed by atoms with Gasteiger partial charge in [-0.25, -0.2) is 0 Å². The summed E-state index contributed by atoms with van der Waals surface area (Å²) in [6, 6.07) is 0. The number of piperidine rings is 1. The topological polar surface area (TPSA) is 12.0 Å². The molecule has 0 aliphatic carbocycles. The Labute approximate surface area is 50.5 Å². The van der Waals surface area contributed by atoms with Gasteiger partial charge < -0.3 is 5.32 Å². The SMILES string of the molecule is ClC1CCNCC1.[H+]. The van der Waals surface area contributed by atoms with Gasteiger partial charge in [-0.15, -0.1) is 11.6 Å². The number of hydrogen-bond donors (Lipinski definition) is 1. The Hall–Kier alpha value is 0.250. The Bertz CT molecular complexity index is 54.4. The van der Waals surface area contributed by atoms with E-state index in [1.807, 2.05) is 0 Å². The van der Waals surface area contributed by atoms with Crippen molar-refractivity contribution < 1.29 is 1.43 Å². The first-order valence-electron chi connectivity index (χ1n) is 2.74. The van der Waals surface area contributed by atoms with E-state index in [-0.39, 0.29) is 1.43 Å². The maximum Gasteiger partial charge on any atom is 1.00 e. The van der Waals surface area contributed by atoms with Gasteiger partial charge in [0, 0.05) is 5.38 Å². The molecule has 0 aromatic rings. The van der Waals surface area contributed by atoms with E-state index in [9.17, 15) is 0 Å². The van der Waals surface area contributed by atoms with Gasteiger partial charge in [0.2, 0.25) is 0 Å². The molecule has 1 aliphatic rings. The number of hydrogen-bond acceptors (Lipinski definition) is 1. The van der Waals surface area contributed by atoms with Gasteiger partial charge in [-0.05, 0) is 25.9 Å². The summed E-state index contributed by atoms with van der Waals surface area (Å²) in [7, 11) is 0. The lowest BCUT2D eigenvalue weighted by molar-refractivity contribution is 0.526. The Kier molecular flexibility index (Phi) is 1.95. The van der Waals surface area contributed by atoms with Crippen LogP contribution >= 0.6 is 11.6 Å². The Morgan fingerprint density at radius 1 is 1.43 bits per heavy atom. The normalized spacial score (nSPS) is 25.3. The van der Waals surface area contributed by atoms with Crippen LogP contribution in [-0.2, 0) is 0 Å². The molecule has 42 valence electrons. The largest absolute Gasteiger partial charge is 1.00 e. The highest BCUT2D eigenvalue weighted by Gasteiger charge is 2.07. The van der Waals surface area contributed by atoms with Crippen LogP contribution in [0, 0.1) is 0 Å². The van der Waals surface area contributed by atoms with E-state index in [0.717, 1.165) is 25.9 Å². The van der Waals surface area contributed by atoms with Crippen molar-refractivity contribution in [1.82, 2.24) is 5.32 Å². The lowest BCUT2D eigenvalue weighted by atomic mass is 10.2. The van der Waals surface area contributed by atoms with E-state index in [1.165, 1.54) is 0 Å². The second-order valence-corrected chi connectivity index (χ2v) is 2.54. The number of rotatable bonds is 0. The second kappa shape index (κ2) is 2.53. The summed E-state index contributed by atoms with van der Waals surface area (Å²) < 4.78 is 0. The highest BCUT2D eigenvalue weighted by Crippen LogP contribution is 2.08. The minimum atomic E-state index is 0. The lowest BCUT2D eigenvalue weighted by Crippen LogP contribution is -2.27. The average molecular weight is 121 g/mol. The third kappa shape index (κ3) is 1.66. The van der Waals surface area contributed by atoms with Crippen LogP contribution < -0.4 is 5.32 Å². The summed E-state index contributed by atoms with van der Waals surface area (Å²) in [5.41, 5.74) is 0. The van der Waals surface area contributed by atoms with E-state index < -0.39 is 0 Å². The quantitative estimate of drug-likeness (QED) is 0.472. The molecule has 1 fully saturated rings. The van der Waals surface area contributed by atoms with Gasteiger partial charge in [0.25, 0.3) is 0 Å². The summed E-state index contributed by atoms with van der Waals surface area (Å²) in [5.74, 6) is 0. The van der Waals surface area contributed by atoms with Crippen LogP contribution in [0.4, 0.5) is 0 Å². The summed E-state index contributed by atoms with van der Waals surface area (Å²) in [4.78, 5) is 0. The molecule has 0 amide bonds. The molecule has 0 aromatic heterocycles. The second-order valence-electron chi connectivity index (χ2n) is 1.92. The molecule has 1 rings (SSSR count). The van der Waals surface area contributed by atoms with Crippen molar-refractivity contribution in [3.8, 4) is 0 Å². The Morgan fingerprint density at radius 2 is 2.00 bits per heavy atom. The van der Waals surface area contributed by atoms with Crippen LogP contribution in [0.15, 0.2) is 0 Å². The molecule has 0 radical (unpaired) electrons. The maximum absolute atomic E-state index is 5.78. The van der Waals surface area contributed by atoms with Gasteiger partial charge in [0.05, 0.1) is 0 Å². The Balaban J connectivity index is 0.000000490. The first-order chi connectivity index (χ1) is 3.39. The molecule has 1 nitrogen and oxygen atoms in total. The minimum absolute atomic E-state index is 0. The lowest BCUT2D eigenvalue weighted by Gasteiger charge is -2.15. The predicted octanol–water partition coefficient (Wildman–Crippen LogP) is 1.09. The van der Waals surface area contributed by atoms with Crippen molar-refractivity contribution in [2.24, 2.45) is 0 Å². The van der Waals surface area contributed by atoms with Crippen molar-refractivity contribution >= 4 is 11.6 Å². The third-order valence-electron chi connectivity index (χ3n) is 1.27. The fourth-order valence-corrected chi connectivity index (χ4v) is 1.00. The minimum Gasteiger partial charge on any atom is -0.317 e. The zero-order valence-corrected chi connectivity index (χ0v) is 5.04. The molecule has 1 heterocycles. The van der Waals surface area contributed by atoms with Crippen molar-refractivity contribution in [3.63, 3.8) is 0 Å². The van der Waals surface area contributed by atoms with Crippen molar-refractivity contribution in [2.75, 3.05) is 13.1 Å². The zero-order chi connectivity index (χ0) is 5.11. The summed E-state index contributed by atoms with van der Waals surface area (Å²) in [6.45, 7) is 2.21. The first-order valence-corrected chi connectivity index (χ1v) is 3.18. The summed E-state index contributed by atoms with van der Waals surface area (Å²) in [5, 5.41) is 3.68. The molecule has 0 aromatic carbocycles. The van der Waals surface area contributed by atoms with Crippen LogP contribution in [0.3, 0.4) is 0 Å². The van der Waals surface area contributed by atoms with E-state index in [4.69, 9.17) is 11.6 Å². The molecular formula is C5H11ClN+. The molecule has 0 unspecified atom stereocenters. The predicted molar refractivity (Wildman–Crippen MR) is 32.9 cm³/mol. The van der Waals surface area contributed by atoms with Crippen LogP contribution in [0.1, 0.15) is 14.3 Å². The van der Waals surface area contributed by atoms with Gasteiger partial charge in [-0.2, -0.15) is 0 Å². The molecule has 0 bridgehead atoms. The van der Waals surface area contributed by atoms with Crippen molar-refractivity contribution in [1.29, 1.82) is 0 Å². The molecule has 1 saturated heterocycles. The van der Waals surface area contributed by atoms with Crippen LogP contribution in [-0.4, -0.2) is 18.5 Å². The molecule has 2 heteroatoms. The smallest absolute Gasteiger partial charge is 0.317 e. The van der Waals surface area contributed by atoms with Crippen molar-refractivity contribution in [2.45, 2.75) is 18.2 Å². The fraction of sp³-hybridized carbons (Fsp3) is 1.00. The summed E-state index contributed by atoms with van der Waals surface area (Å²) in [6.07, 6.45) is 2.28. The molecule has 0 atom stereocenters. The van der Waals surface area contributed by atoms with E-state index >= 15 is 0 Å². The van der Waals surface area contributed by atoms with Gasteiger partial charge >= 0.3 is 1.43 Å². The highest BCUT2D eigenvalue weighted by molar-refractivity contribution is 6.20. The Morgan fingerprint density at radius 3 is 2.29 bits per heavy atom. The van der Waals surface area contributed by atoms with Crippen LogP contribution in [0.25, 0.3) is 0 Å². The van der Waals surface area contributed by atoms with E-state index in [1.54, 1.807) is 0 Å². The van der Waals surface area contributed by atoms with E-state index in [0.29, 0.717) is 5.38 Å². The van der Waals surface area contributed by atoms with Crippen molar-refractivity contribution in [3.05, 3.63) is 0 Å². The third-order valence-corrected chi connectivity index (χ3v) is 1.71. The van der Waals surface area contributed by atoms with Gasteiger partial charge in [-0.1, -0.05) is 0 Å². The van der Waals surface area contributed by atoms with Gasteiger partial charge in [0.15, 0.2) is 0 Å². The first kappa shape index (κ1) is 5.39. The molecular weight excluding hydrogens is 110 g/mol. The number of nitrogens with one attached hydrogen (secondary N) is 1. The van der Waals surface area contributed by atoms with Crippen LogP contribution in [0.2, 0.25) is 0 Å². The monoisotopic (exact) mass is 120 g/mol. The van der Waals surface area contributed by atoms with Gasteiger partial charge in [-0.3, -0.25) is 0 Å². The fourth-order valence-electron chi connectivity index (χ4n) is 0.787. The molecule has 7 heavy (non-hydrogen) atoms. The standard InChI is InChI=1S/C5H10ClN/c6-5-1-3-7-4-2-5/h5,7H,1-4H2/p+1. The highest BCUT2D eigenvalue weighted by atomic mass is 35.5. The van der Waals surface area contributed by atoms with Crippen LogP contribution in [0.5, 0.6) is 0 Å². The van der Waals surface area contributed by atoms with Gasteiger partial charge in [0.1, 0.15) is 0 Å². The number of alkyl halides is 1. The summed E-state index contributed by atoms with van der Waals surface area (Å²) >= 11 is 5.78. The maximum atomic E-state index is 5.78. The average Bonchev–Trinajstić information content (AvgIpc) is 1.69. The molecule has 1 aliphatic heterocycles. The molecule has 0 spiro atoms. The van der Waals surface area contributed by atoms with E-state index in [2.05, 4.69) is 5.32 Å². The zero-order valence-electron chi connectivity index (χ0n) is 5.28. The number of halogens is 1. The molecule has 0 saturated carbocycles. The molecule has 1 N–H and O–H groups in total.